The minimum atomic E-state index is -0.468. The van der Waals surface area contributed by atoms with Gasteiger partial charge in [0.05, 0.1) is 24.9 Å². The summed E-state index contributed by atoms with van der Waals surface area (Å²) in [6, 6.07) is 5.82. The third-order valence-corrected chi connectivity index (χ3v) is 6.45. The minimum absolute atomic E-state index is 0.0105. The van der Waals surface area contributed by atoms with Crippen LogP contribution in [0.4, 0.5) is 5.69 Å². The zero-order chi connectivity index (χ0) is 22.7. The van der Waals surface area contributed by atoms with Gasteiger partial charge >= 0.3 is 0 Å². The normalized spacial score (nSPS) is 20.2. The number of aliphatic imine (C=N–C) groups is 1. The standard InChI is InChI=1S/C23H31N5O4/c1-15-18-12-17(9-10-19(18)25-23-26-21(30)14-27(15)23)32-11-5-8-22(31)28(13-20(24)29)16-6-3-2-4-7-16/h9-10,12,15-16H,2-8,11,13-14H2,1H3,(H2,24,29)(H,25,26,30). The summed E-state index contributed by atoms with van der Waals surface area (Å²) in [7, 11) is 0. The van der Waals surface area contributed by atoms with Crippen LogP contribution >= 0.6 is 0 Å². The van der Waals surface area contributed by atoms with Gasteiger partial charge < -0.3 is 20.3 Å². The number of carbonyl (C=O) groups is 3. The topological polar surface area (TPSA) is 117 Å². The minimum Gasteiger partial charge on any atom is -0.494 e. The molecule has 0 bridgehead atoms. The first-order chi connectivity index (χ1) is 15.4. The number of hydrogen-bond donors (Lipinski definition) is 2. The Kier molecular flexibility index (Phi) is 6.62. The quantitative estimate of drug-likeness (QED) is 0.598. The second kappa shape index (κ2) is 9.58. The molecule has 3 aliphatic rings. The van der Waals surface area contributed by atoms with Gasteiger partial charge in [-0.25, -0.2) is 4.99 Å². The lowest BCUT2D eigenvalue weighted by Crippen LogP contribution is -2.46. The Balaban J connectivity index is 1.31. The highest BCUT2D eigenvalue weighted by Crippen LogP contribution is 2.37. The third-order valence-electron chi connectivity index (χ3n) is 6.45. The predicted molar refractivity (Wildman–Crippen MR) is 119 cm³/mol. The summed E-state index contributed by atoms with van der Waals surface area (Å²) in [6.45, 7) is 2.72. The summed E-state index contributed by atoms with van der Waals surface area (Å²) >= 11 is 0. The van der Waals surface area contributed by atoms with Gasteiger partial charge in [-0.2, -0.15) is 0 Å². The Hall–Kier alpha value is -3.10. The molecule has 9 nitrogen and oxygen atoms in total. The zero-order valence-electron chi connectivity index (χ0n) is 18.5. The summed E-state index contributed by atoms with van der Waals surface area (Å²) in [5.41, 5.74) is 7.21. The van der Waals surface area contributed by atoms with Gasteiger partial charge in [0.15, 0.2) is 0 Å². The molecule has 32 heavy (non-hydrogen) atoms. The van der Waals surface area contributed by atoms with E-state index in [9.17, 15) is 14.4 Å². The van der Waals surface area contributed by atoms with Gasteiger partial charge in [-0.15, -0.1) is 0 Å². The molecule has 0 aromatic heterocycles. The van der Waals surface area contributed by atoms with E-state index >= 15 is 0 Å². The number of nitrogens with two attached hydrogens (primary N) is 1. The molecule has 1 atom stereocenters. The van der Waals surface area contributed by atoms with Crippen molar-refractivity contribution in [3.05, 3.63) is 23.8 Å². The molecular weight excluding hydrogens is 410 g/mol. The van der Waals surface area contributed by atoms with Crippen molar-refractivity contribution in [2.75, 3.05) is 19.7 Å². The summed E-state index contributed by atoms with van der Waals surface area (Å²) in [4.78, 5) is 44.1. The van der Waals surface area contributed by atoms with Crippen molar-refractivity contribution < 1.29 is 19.1 Å². The van der Waals surface area contributed by atoms with E-state index in [-0.39, 0.29) is 30.4 Å². The van der Waals surface area contributed by atoms with E-state index in [0.29, 0.717) is 37.7 Å². The van der Waals surface area contributed by atoms with Crippen LogP contribution in [0.3, 0.4) is 0 Å². The molecule has 2 fully saturated rings. The fourth-order valence-corrected chi connectivity index (χ4v) is 4.76. The van der Waals surface area contributed by atoms with Crippen molar-refractivity contribution in [3.8, 4) is 5.75 Å². The van der Waals surface area contributed by atoms with Crippen LogP contribution in [-0.2, 0) is 14.4 Å². The highest BCUT2D eigenvalue weighted by atomic mass is 16.5. The molecule has 3 amide bonds. The maximum absolute atomic E-state index is 12.8. The number of amides is 3. The van der Waals surface area contributed by atoms with Gasteiger partial charge in [-0.05, 0) is 44.4 Å². The monoisotopic (exact) mass is 441 g/mol. The number of nitrogens with one attached hydrogen (secondary N) is 1. The lowest BCUT2D eigenvalue weighted by Gasteiger charge is -2.33. The smallest absolute Gasteiger partial charge is 0.246 e. The number of guanidine groups is 1. The molecule has 9 heteroatoms. The van der Waals surface area contributed by atoms with Gasteiger partial charge in [0, 0.05) is 18.0 Å². The summed E-state index contributed by atoms with van der Waals surface area (Å²) in [5, 5.41) is 2.78. The van der Waals surface area contributed by atoms with E-state index in [1.54, 1.807) is 4.90 Å². The van der Waals surface area contributed by atoms with Gasteiger partial charge in [0.1, 0.15) is 12.3 Å². The Morgan fingerprint density at radius 2 is 2.06 bits per heavy atom. The van der Waals surface area contributed by atoms with E-state index in [2.05, 4.69) is 10.3 Å². The molecule has 1 saturated carbocycles. The average Bonchev–Trinajstić information content (AvgIpc) is 3.16. The molecular formula is C23H31N5O4. The van der Waals surface area contributed by atoms with Crippen molar-refractivity contribution in [2.24, 2.45) is 10.7 Å². The first-order valence-electron chi connectivity index (χ1n) is 11.4. The van der Waals surface area contributed by atoms with Crippen molar-refractivity contribution in [1.29, 1.82) is 0 Å². The summed E-state index contributed by atoms with van der Waals surface area (Å²) in [6.07, 6.45) is 6.09. The Morgan fingerprint density at radius 3 is 2.81 bits per heavy atom. The molecule has 172 valence electrons. The first kappa shape index (κ1) is 22.1. The number of fused-ring (bicyclic) bond motifs is 2. The highest BCUT2D eigenvalue weighted by Gasteiger charge is 2.34. The highest BCUT2D eigenvalue weighted by molar-refractivity contribution is 6.06. The molecule has 1 aromatic rings. The van der Waals surface area contributed by atoms with Crippen LogP contribution in [-0.4, -0.2) is 59.2 Å². The second-order valence-electron chi connectivity index (χ2n) is 8.74. The molecule has 3 N–H and O–H groups in total. The number of rotatable bonds is 8. The molecule has 4 rings (SSSR count). The van der Waals surface area contributed by atoms with Crippen LogP contribution in [0.1, 0.15) is 63.5 Å². The second-order valence-corrected chi connectivity index (χ2v) is 8.74. The lowest BCUT2D eigenvalue weighted by atomic mass is 9.94. The predicted octanol–water partition coefficient (Wildman–Crippen LogP) is 1.99. The van der Waals surface area contributed by atoms with Crippen molar-refractivity contribution in [3.63, 3.8) is 0 Å². The maximum Gasteiger partial charge on any atom is 0.246 e. The first-order valence-corrected chi connectivity index (χ1v) is 11.4. The van der Waals surface area contributed by atoms with E-state index in [0.717, 1.165) is 36.9 Å². The number of primary amides is 1. The molecule has 1 unspecified atom stereocenters. The molecule has 0 radical (unpaired) electrons. The fraction of sp³-hybridized carbons (Fsp3) is 0.565. The Morgan fingerprint density at radius 1 is 1.28 bits per heavy atom. The van der Waals surface area contributed by atoms with E-state index in [1.165, 1.54) is 6.42 Å². The number of carbonyl (C=O) groups excluding carboxylic acids is 3. The largest absolute Gasteiger partial charge is 0.494 e. The fourth-order valence-electron chi connectivity index (χ4n) is 4.76. The van der Waals surface area contributed by atoms with Crippen molar-refractivity contribution >= 4 is 29.4 Å². The van der Waals surface area contributed by atoms with E-state index in [4.69, 9.17) is 10.5 Å². The number of nitrogens with zero attached hydrogens (tertiary/aromatic N) is 3. The maximum atomic E-state index is 12.8. The Labute approximate surface area is 188 Å². The molecule has 1 saturated heterocycles. The van der Waals surface area contributed by atoms with Crippen LogP contribution in [0.15, 0.2) is 23.2 Å². The van der Waals surface area contributed by atoms with Gasteiger partial charge in [0.2, 0.25) is 23.7 Å². The van der Waals surface area contributed by atoms with Crippen molar-refractivity contribution in [2.45, 2.75) is 64.0 Å². The van der Waals surface area contributed by atoms with Gasteiger partial charge in [-0.1, -0.05) is 19.3 Å². The number of ether oxygens (including phenoxy) is 1. The van der Waals surface area contributed by atoms with Crippen LogP contribution in [0.2, 0.25) is 0 Å². The average molecular weight is 442 g/mol. The lowest BCUT2D eigenvalue weighted by molar-refractivity contribution is -0.138. The number of hydrogen-bond acceptors (Lipinski definition) is 6. The van der Waals surface area contributed by atoms with Gasteiger partial charge in [0.25, 0.3) is 0 Å². The van der Waals surface area contributed by atoms with E-state index < -0.39 is 5.91 Å². The molecule has 1 aromatic carbocycles. The summed E-state index contributed by atoms with van der Waals surface area (Å²) in [5.74, 6) is 0.751. The molecule has 0 spiro atoms. The molecule has 2 aliphatic heterocycles. The van der Waals surface area contributed by atoms with E-state index in [1.807, 2.05) is 30.0 Å². The molecule has 2 heterocycles. The summed E-state index contributed by atoms with van der Waals surface area (Å²) < 4.78 is 5.90. The third kappa shape index (κ3) is 4.87. The van der Waals surface area contributed by atoms with Crippen LogP contribution < -0.4 is 15.8 Å². The Bertz CT molecular complexity index is 925. The number of benzene rings is 1. The SMILES string of the molecule is CC1c2cc(OCCCC(=O)N(CC(N)=O)C3CCCCC3)ccc2N=C2NC(=O)CN21. The van der Waals surface area contributed by atoms with Gasteiger partial charge in [-0.3, -0.25) is 19.7 Å². The molecule has 1 aliphatic carbocycles. The van der Waals surface area contributed by atoms with Crippen LogP contribution in [0.5, 0.6) is 5.75 Å². The van der Waals surface area contributed by atoms with Crippen LogP contribution in [0.25, 0.3) is 0 Å². The van der Waals surface area contributed by atoms with Crippen LogP contribution in [0, 0.1) is 0 Å². The van der Waals surface area contributed by atoms with Crippen molar-refractivity contribution in [1.82, 2.24) is 15.1 Å². The zero-order valence-corrected chi connectivity index (χ0v) is 18.5.